The third kappa shape index (κ3) is 5.77. The summed E-state index contributed by atoms with van der Waals surface area (Å²) in [4.78, 5) is 5.53. The van der Waals surface area contributed by atoms with Gasteiger partial charge in [0.1, 0.15) is 0 Å². The molecule has 4 rings (SSSR count). The molecule has 5 heteroatoms. The SMILES string of the molecule is CSC1=CC2=CC=C(SC)C2=C1.CSC1=CC2=CC=C(SC)C2=C1.C[SiH2]C. The molecule has 0 heterocycles. The number of hydrogen-bond acceptors (Lipinski definition) is 4. The lowest BCUT2D eigenvalue weighted by atomic mass is 10.2. The Morgan fingerprint density at radius 1 is 0.556 bits per heavy atom. The molecule has 4 aliphatic rings. The highest BCUT2D eigenvalue weighted by molar-refractivity contribution is 8.03. The normalized spacial score (nSPS) is 18.3. The Kier molecular flexibility index (Phi) is 9.74. The summed E-state index contributed by atoms with van der Waals surface area (Å²) < 4.78 is 0. The Balaban J connectivity index is 0.000000170. The highest BCUT2D eigenvalue weighted by atomic mass is 32.2. The van der Waals surface area contributed by atoms with Crippen molar-refractivity contribution < 1.29 is 0 Å². The minimum Gasteiger partial charge on any atom is -0.130 e. The molecule has 0 aromatic heterocycles. The highest BCUT2D eigenvalue weighted by Crippen LogP contribution is 2.41. The lowest BCUT2D eigenvalue weighted by molar-refractivity contribution is 1.67. The average molecular weight is 449 g/mol. The summed E-state index contributed by atoms with van der Waals surface area (Å²) in [5, 5.41) is 0. The van der Waals surface area contributed by atoms with Gasteiger partial charge in [-0.3, -0.25) is 0 Å². The zero-order valence-electron chi connectivity index (χ0n) is 17.0. The molecule has 0 saturated carbocycles. The molecule has 0 saturated heterocycles. The minimum absolute atomic E-state index is 0.417. The Morgan fingerprint density at radius 2 is 0.926 bits per heavy atom. The van der Waals surface area contributed by atoms with E-state index in [2.05, 4.69) is 86.7 Å². The van der Waals surface area contributed by atoms with Gasteiger partial charge in [-0.15, -0.1) is 47.0 Å². The maximum atomic E-state index is 2.27. The zero-order valence-corrected chi connectivity index (χ0v) is 21.6. The molecule has 0 amide bonds. The van der Waals surface area contributed by atoms with E-state index in [0.717, 1.165) is 0 Å². The molecule has 0 aromatic carbocycles. The lowest BCUT2D eigenvalue weighted by Crippen LogP contribution is -1.77. The molecule has 0 bridgehead atoms. The van der Waals surface area contributed by atoms with Crippen LogP contribution in [0.4, 0.5) is 0 Å². The van der Waals surface area contributed by atoms with Gasteiger partial charge < -0.3 is 0 Å². The number of allylic oxidation sites excluding steroid dienone is 12. The van der Waals surface area contributed by atoms with Crippen molar-refractivity contribution in [1.29, 1.82) is 0 Å². The zero-order chi connectivity index (χ0) is 19.8. The van der Waals surface area contributed by atoms with Gasteiger partial charge in [0.2, 0.25) is 0 Å². The van der Waals surface area contributed by atoms with Crippen LogP contribution in [0, 0.1) is 0 Å². The van der Waals surface area contributed by atoms with E-state index in [1.807, 2.05) is 47.0 Å². The summed E-state index contributed by atoms with van der Waals surface area (Å²) in [6, 6.07) is 0. The fourth-order valence-electron chi connectivity index (χ4n) is 2.80. The number of hydrogen-bond donors (Lipinski definition) is 0. The van der Waals surface area contributed by atoms with Crippen molar-refractivity contribution in [2.75, 3.05) is 25.0 Å². The van der Waals surface area contributed by atoms with Crippen LogP contribution < -0.4 is 0 Å². The van der Waals surface area contributed by atoms with Gasteiger partial charge in [0.15, 0.2) is 0 Å². The molecule has 0 spiro atoms. The van der Waals surface area contributed by atoms with Crippen molar-refractivity contribution in [2.24, 2.45) is 0 Å². The standard InChI is InChI=1S/2C10H10S2.C2H8Si/c2*1-11-8-5-7-3-4-10(12-2)9(7)6-8;1-3-2/h2*3-6H,1-2H3;3H2,1-2H3. The molecule has 0 radical (unpaired) electrons. The van der Waals surface area contributed by atoms with Crippen molar-refractivity contribution in [3.8, 4) is 0 Å². The third-order valence-electron chi connectivity index (χ3n) is 4.06. The van der Waals surface area contributed by atoms with Gasteiger partial charge >= 0.3 is 0 Å². The summed E-state index contributed by atoms with van der Waals surface area (Å²) in [5.74, 6) is 0. The van der Waals surface area contributed by atoms with Crippen LogP contribution >= 0.6 is 47.0 Å². The van der Waals surface area contributed by atoms with Gasteiger partial charge in [-0.25, -0.2) is 0 Å². The molecule has 0 aliphatic heterocycles. The van der Waals surface area contributed by atoms with Crippen LogP contribution in [0.2, 0.25) is 13.1 Å². The minimum atomic E-state index is 0.417. The third-order valence-corrected chi connectivity index (χ3v) is 7.07. The Bertz CT molecular complexity index is 733. The first-order valence-corrected chi connectivity index (χ1v) is 16.7. The average Bonchev–Trinajstić information content (AvgIpc) is 3.41. The second-order valence-electron chi connectivity index (χ2n) is 6.04. The summed E-state index contributed by atoms with van der Waals surface area (Å²) in [7, 11) is 0.417. The molecule has 0 unspecified atom stereocenters. The number of fused-ring (bicyclic) bond motifs is 2. The first-order valence-electron chi connectivity index (χ1n) is 8.99. The first kappa shape index (κ1) is 22.8. The van der Waals surface area contributed by atoms with E-state index < -0.39 is 0 Å². The molecule has 0 aromatic rings. The second kappa shape index (κ2) is 11.5. The van der Waals surface area contributed by atoms with E-state index in [1.54, 1.807) is 0 Å². The van der Waals surface area contributed by atoms with Gasteiger partial charge in [0, 0.05) is 29.1 Å². The largest absolute Gasteiger partial charge is 0.130 e. The van der Waals surface area contributed by atoms with E-state index in [9.17, 15) is 0 Å². The van der Waals surface area contributed by atoms with Crippen molar-refractivity contribution in [1.82, 2.24) is 0 Å². The van der Waals surface area contributed by atoms with Crippen molar-refractivity contribution in [3.05, 3.63) is 90.5 Å². The van der Waals surface area contributed by atoms with E-state index in [-0.39, 0.29) is 0 Å². The summed E-state index contributed by atoms with van der Waals surface area (Å²) >= 11 is 7.26. The number of thioether (sulfide) groups is 4. The van der Waals surface area contributed by atoms with Crippen LogP contribution in [0.5, 0.6) is 0 Å². The summed E-state index contributed by atoms with van der Waals surface area (Å²) in [5.41, 5.74) is 5.58. The Labute approximate surface area is 184 Å². The van der Waals surface area contributed by atoms with Gasteiger partial charge in [-0.05, 0) is 83.8 Å². The highest BCUT2D eigenvalue weighted by Gasteiger charge is 2.19. The Hall–Kier alpha value is -0.463. The molecule has 0 N–H and O–H groups in total. The van der Waals surface area contributed by atoms with Gasteiger partial charge in [0.25, 0.3) is 0 Å². The maximum Gasteiger partial charge on any atom is 0.0148 e. The quantitative estimate of drug-likeness (QED) is 0.426. The van der Waals surface area contributed by atoms with Crippen molar-refractivity contribution in [2.45, 2.75) is 13.1 Å². The molecule has 4 aliphatic carbocycles. The molecule has 0 atom stereocenters. The van der Waals surface area contributed by atoms with Crippen LogP contribution in [-0.2, 0) is 0 Å². The van der Waals surface area contributed by atoms with Crippen LogP contribution in [0.25, 0.3) is 0 Å². The van der Waals surface area contributed by atoms with E-state index >= 15 is 0 Å². The fraction of sp³-hybridized carbons (Fsp3) is 0.273. The Morgan fingerprint density at radius 3 is 1.22 bits per heavy atom. The van der Waals surface area contributed by atoms with E-state index in [0.29, 0.717) is 9.52 Å². The smallest absolute Gasteiger partial charge is 0.0148 e. The molecule has 144 valence electrons. The maximum absolute atomic E-state index is 2.27. The number of rotatable bonds is 4. The second-order valence-corrected chi connectivity index (χ2v) is 10.9. The van der Waals surface area contributed by atoms with Crippen LogP contribution in [0.1, 0.15) is 0 Å². The lowest BCUT2D eigenvalue weighted by Gasteiger charge is -1.98. The predicted octanol–water partition coefficient (Wildman–Crippen LogP) is 6.97. The predicted molar refractivity (Wildman–Crippen MR) is 139 cm³/mol. The summed E-state index contributed by atoms with van der Waals surface area (Å²) in [6.45, 7) is 4.53. The molecule has 0 nitrogen and oxygen atoms in total. The van der Waals surface area contributed by atoms with Gasteiger partial charge in [-0.1, -0.05) is 25.2 Å². The van der Waals surface area contributed by atoms with E-state index in [4.69, 9.17) is 0 Å². The molecule has 0 fully saturated rings. The van der Waals surface area contributed by atoms with Crippen molar-refractivity contribution in [3.63, 3.8) is 0 Å². The monoisotopic (exact) mass is 448 g/mol. The summed E-state index contributed by atoms with van der Waals surface area (Å²) in [6.07, 6.45) is 26.3. The van der Waals surface area contributed by atoms with Crippen LogP contribution in [-0.4, -0.2) is 34.5 Å². The molecule has 27 heavy (non-hydrogen) atoms. The molecular formula is C22H28S4Si. The van der Waals surface area contributed by atoms with Crippen LogP contribution in [0.15, 0.2) is 90.5 Å². The van der Waals surface area contributed by atoms with E-state index in [1.165, 1.54) is 41.9 Å². The van der Waals surface area contributed by atoms with Gasteiger partial charge in [0.05, 0.1) is 0 Å². The van der Waals surface area contributed by atoms with Crippen molar-refractivity contribution >= 4 is 56.6 Å². The first-order chi connectivity index (χ1) is 13.1. The topological polar surface area (TPSA) is 0 Å². The van der Waals surface area contributed by atoms with Crippen LogP contribution in [0.3, 0.4) is 0 Å². The fourth-order valence-corrected chi connectivity index (χ4v) is 4.96. The van der Waals surface area contributed by atoms with Gasteiger partial charge in [-0.2, -0.15) is 0 Å². The molecular weight excluding hydrogens is 421 g/mol.